The first-order chi connectivity index (χ1) is 26.7. The van der Waals surface area contributed by atoms with Gasteiger partial charge in [0.2, 0.25) is 0 Å². The summed E-state index contributed by atoms with van der Waals surface area (Å²) in [7, 11) is 0. The molecule has 4 aromatic carbocycles. The molecule has 5 aliphatic carbocycles. The fourth-order valence-corrected chi connectivity index (χ4v) is 13.0. The van der Waals surface area contributed by atoms with Crippen molar-refractivity contribution in [3.63, 3.8) is 0 Å². The van der Waals surface area contributed by atoms with Crippen molar-refractivity contribution in [2.75, 3.05) is 4.90 Å². The molecule has 5 aromatic rings. The highest BCUT2D eigenvalue weighted by Crippen LogP contribution is 2.56. The average Bonchev–Trinajstić information content (AvgIpc) is 3.75. The lowest BCUT2D eigenvalue weighted by atomic mass is 9.62. The maximum Gasteiger partial charge on any atom is 0.0630 e. The number of rotatable bonds is 4. The first-order valence-electron chi connectivity index (χ1n) is 20.7. The Hall–Kier alpha value is -4.66. The zero-order valence-corrected chi connectivity index (χ0v) is 32.0. The fraction of sp³-hybridized carbons (Fsp3) is 0.308. The van der Waals surface area contributed by atoms with Gasteiger partial charge < -0.3 is 4.90 Å². The van der Waals surface area contributed by atoms with Gasteiger partial charge in [-0.1, -0.05) is 140 Å². The lowest BCUT2D eigenvalue weighted by molar-refractivity contribution is 0.135. The molecule has 0 amide bonds. The fourth-order valence-electron chi connectivity index (χ4n) is 11.8. The molecule has 0 saturated heterocycles. The Balaban J connectivity index is 0.899. The standard InChI is InChI=1S/C52H49NS/c1-33-40-27-25-36(30-46(40)41-18-6-5-15-39(41)32-45(33)38-17-11-16-35(29-38)34-13-3-2-4-14-34)37-26-28-49-47(31-37)42-19-7-9-22-48(42)53(49)50-23-12-21-44-43-20-8-10-24-51(43)54-52(44)50/h2-13,15-16,18-24,26,28-29,31,33-34,36,38,40,45-47,49H,14,17,25,27,30,32H2,1H3. The van der Waals surface area contributed by atoms with Crippen LogP contribution in [-0.2, 0) is 6.42 Å². The molecule has 1 aliphatic heterocycles. The van der Waals surface area contributed by atoms with E-state index in [9.17, 15) is 0 Å². The van der Waals surface area contributed by atoms with Gasteiger partial charge in [0.25, 0.3) is 0 Å². The molecular formula is C52H49NS. The van der Waals surface area contributed by atoms with Crippen LogP contribution in [0.3, 0.4) is 0 Å². The molecule has 9 unspecified atom stereocenters. The van der Waals surface area contributed by atoms with Crippen LogP contribution in [0, 0.1) is 35.5 Å². The summed E-state index contributed by atoms with van der Waals surface area (Å²) in [5.74, 6) is 4.86. The number of hydrogen-bond donors (Lipinski definition) is 0. The normalized spacial score (nSPS) is 31.1. The Morgan fingerprint density at radius 1 is 0.667 bits per heavy atom. The van der Waals surface area contributed by atoms with Gasteiger partial charge in [-0.3, -0.25) is 0 Å². The van der Waals surface area contributed by atoms with E-state index < -0.39 is 0 Å². The van der Waals surface area contributed by atoms with E-state index >= 15 is 0 Å². The number of nitrogens with zero attached hydrogens (tertiary/aromatic N) is 1. The Morgan fingerprint density at radius 3 is 2.43 bits per heavy atom. The van der Waals surface area contributed by atoms with E-state index in [0.717, 1.165) is 12.3 Å². The number of fused-ring (bicyclic) bond motifs is 9. The van der Waals surface area contributed by atoms with Gasteiger partial charge in [0, 0.05) is 33.0 Å². The lowest BCUT2D eigenvalue weighted by Crippen LogP contribution is -2.34. The van der Waals surface area contributed by atoms with E-state index in [-0.39, 0.29) is 0 Å². The van der Waals surface area contributed by atoms with Gasteiger partial charge in [-0.05, 0) is 120 Å². The number of para-hydroxylation sites is 1. The molecule has 268 valence electrons. The van der Waals surface area contributed by atoms with Crippen LogP contribution >= 0.6 is 11.3 Å². The minimum atomic E-state index is 0.292. The molecule has 11 rings (SSSR count). The van der Waals surface area contributed by atoms with E-state index in [1.165, 1.54) is 69.2 Å². The third-order valence-corrected chi connectivity index (χ3v) is 15.7. The minimum absolute atomic E-state index is 0.292. The minimum Gasteiger partial charge on any atom is -0.332 e. The quantitative estimate of drug-likeness (QED) is 0.179. The number of anilines is 2. The smallest absolute Gasteiger partial charge is 0.0630 e. The highest BCUT2D eigenvalue weighted by Gasteiger charge is 2.45. The van der Waals surface area contributed by atoms with Crippen molar-refractivity contribution in [1.29, 1.82) is 0 Å². The van der Waals surface area contributed by atoms with Crippen LogP contribution in [0.2, 0.25) is 0 Å². The summed E-state index contributed by atoms with van der Waals surface area (Å²) in [6.45, 7) is 2.63. The first-order valence-corrected chi connectivity index (χ1v) is 21.5. The summed E-state index contributed by atoms with van der Waals surface area (Å²) in [6.07, 6.45) is 32.0. The molecule has 2 heterocycles. The predicted octanol–water partition coefficient (Wildman–Crippen LogP) is 13.8. The van der Waals surface area contributed by atoms with E-state index in [2.05, 4.69) is 164 Å². The summed E-state index contributed by atoms with van der Waals surface area (Å²) in [5, 5.41) is 2.74. The van der Waals surface area contributed by atoms with Crippen LogP contribution in [0.1, 0.15) is 67.6 Å². The molecule has 1 saturated carbocycles. The van der Waals surface area contributed by atoms with Crippen molar-refractivity contribution >= 4 is 42.9 Å². The van der Waals surface area contributed by atoms with E-state index in [0.29, 0.717) is 47.5 Å². The second-order valence-corrected chi connectivity index (χ2v) is 18.1. The molecule has 1 aromatic heterocycles. The zero-order valence-electron chi connectivity index (χ0n) is 31.2. The van der Waals surface area contributed by atoms with E-state index in [1.54, 1.807) is 22.3 Å². The van der Waals surface area contributed by atoms with Gasteiger partial charge in [0.15, 0.2) is 0 Å². The van der Waals surface area contributed by atoms with Crippen molar-refractivity contribution < 1.29 is 0 Å². The Morgan fingerprint density at radius 2 is 1.50 bits per heavy atom. The molecule has 0 radical (unpaired) electrons. The lowest BCUT2D eigenvalue weighted by Gasteiger charge is -2.43. The van der Waals surface area contributed by atoms with Crippen LogP contribution in [-0.4, -0.2) is 6.04 Å². The second kappa shape index (κ2) is 13.3. The monoisotopic (exact) mass is 719 g/mol. The molecule has 0 N–H and O–H groups in total. The Bertz CT molecular complexity index is 2450. The SMILES string of the molecule is CC1C(C2C=C(C3C=CC=CC3)C=CC2)Cc2ccccc2C2CC(C3=CC4c5ccccc5N(c5cccc6c5sc5ccccc56)C4C=C3)CCC21. The molecule has 2 heteroatoms. The van der Waals surface area contributed by atoms with E-state index in [4.69, 9.17) is 0 Å². The van der Waals surface area contributed by atoms with Crippen molar-refractivity contribution in [2.45, 2.75) is 63.3 Å². The topological polar surface area (TPSA) is 3.24 Å². The van der Waals surface area contributed by atoms with Gasteiger partial charge in [0.1, 0.15) is 0 Å². The zero-order chi connectivity index (χ0) is 35.8. The second-order valence-electron chi connectivity index (χ2n) is 17.1. The summed E-state index contributed by atoms with van der Waals surface area (Å²) < 4.78 is 2.77. The third-order valence-electron chi connectivity index (χ3n) is 14.4. The molecule has 0 spiro atoms. The number of hydrogen-bond acceptors (Lipinski definition) is 2. The van der Waals surface area contributed by atoms with Crippen LogP contribution in [0.5, 0.6) is 0 Å². The number of benzene rings is 4. The number of allylic oxidation sites excluding steroid dienone is 10. The maximum atomic E-state index is 2.70. The largest absolute Gasteiger partial charge is 0.332 e. The molecule has 1 fully saturated rings. The van der Waals surface area contributed by atoms with Crippen LogP contribution in [0.25, 0.3) is 20.2 Å². The van der Waals surface area contributed by atoms with Crippen molar-refractivity contribution in [2.24, 2.45) is 35.5 Å². The molecule has 9 atom stereocenters. The van der Waals surface area contributed by atoms with Crippen molar-refractivity contribution in [3.05, 3.63) is 180 Å². The van der Waals surface area contributed by atoms with Gasteiger partial charge in [-0.25, -0.2) is 0 Å². The van der Waals surface area contributed by atoms with E-state index in [1.807, 2.05) is 11.3 Å². The van der Waals surface area contributed by atoms with Crippen molar-refractivity contribution in [1.82, 2.24) is 0 Å². The maximum absolute atomic E-state index is 2.70. The summed E-state index contributed by atoms with van der Waals surface area (Å²) in [6, 6.07) is 35.0. The molecule has 54 heavy (non-hydrogen) atoms. The molecular weight excluding hydrogens is 671 g/mol. The van der Waals surface area contributed by atoms with Gasteiger partial charge in [-0.15, -0.1) is 11.3 Å². The third kappa shape index (κ3) is 5.31. The molecule has 0 bridgehead atoms. The van der Waals surface area contributed by atoms with Gasteiger partial charge in [0.05, 0.1) is 16.4 Å². The summed E-state index contributed by atoms with van der Waals surface area (Å²) in [4.78, 5) is 2.66. The van der Waals surface area contributed by atoms with Crippen LogP contribution < -0.4 is 4.90 Å². The predicted molar refractivity (Wildman–Crippen MR) is 230 cm³/mol. The summed E-state index contributed by atoms with van der Waals surface area (Å²) in [5.41, 5.74) is 10.6. The van der Waals surface area contributed by atoms with Crippen LogP contribution in [0.15, 0.2) is 163 Å². The molecule has 1 nitrogen and oxygen atoms in total. The Labute approximate surface area is 324 Å². The molecule has 6 aliphatic rings. The first kappa shape index (κ1) is 32.7. The highest BCUT2D eigenvalue weighted by atomic mass is 32.1. The Kier molecular flexibility index (Phi) is 8.05. The van der Waals surface area contributed by atoms with Crippen molar-refractivity contribution in [3.8, 4) is 0 Å². The van der Waals surface area contributed by atoms with Gasteiger partial charge >= 0.3 is 0 Å². The van der Waals surface area contributed by atoms with Gasteiger partial charge in [-0.2, -0.15) is 0 Å². The highest BCUT2D eigenvalue weighted by molar-refractivity contribution is 7.26. The number of thiophene rings is 1. The average molecular weight is 720 g/mol. The van der Waals surface area contributed by atoms with Crippen LogP contribution in [0.4, 0.5) is 11.4 Å². The summed E-state index contributed by atoms with van der Waals surface area (Å²) >= 11 is 1.94.